The van der Waals surface area contributed by atoms with E-state index in [0.717, 1.165) is 22.3 Å². The van der Waals surface area contributed by atoms with Gasteiger partial charge in [-0.1, -0.05) is 35.9 Å². The molecule has 0 unspecified atom stereocenters. The number of halogens is 1. The number of carbonyl (C=O) groups excluding carboxylic acids is 2. The minimum Gasteiger partial charge on any atom is -0.486 e. The van der Waals surface area contributed by atoms with Crippen LogP contribution in [0.15, 0.2) is 72.1 Å². The van der Waals surface area contributed by atoms with Crippen LogP contribution in [-0.2, 0) is 17.8 Å². The molecule has 1 aliphatic heterocycles. The molecular weight excluding hydrogens is 489 g/mol. The molecule has 3 aromatic carbocycles. The van der Waals surface area contributed by atoms with E-state index in [1.807, 2.05) is 55.5 Å². The molecule has 0 saturated heterocycles. The van der Waals surface area contributed by atoms with Gasteiger partial charge in [0, 0.05) is 24.5 Å². The van der Waals surface area contributed by atoms with Crippen molar-refractivity contribution in [3.63, 3.8) is 0 Å². The average molecular weight is 516 g/mol. The normalized spacial score (nSPS) is 14.7. The van der Waals surface area contributed by atoms with E-state index in [0.29, 0.717) is 35.1 Å². The summed E-state index contributed by atoms with van der Waals surface area (Å²) in [5.74, 6) is -0.0641. The van der Waals surface area contributed by atoms with E-state index in [2.05, 4.69) is 10.3 Å². The third kappa shape index (κ3) is 5.54. The van der Waals surface area contributed by atoms with Gasteiger partial charge in [-0.3, -0.25) is 9.59 Å². The molecule has 37 heavy (non-hydrogen) atoms. The maximum atomic E-state index is 14.0. The van der Waals surface area contributed by atoms with Crippen molar-refractivity contribution in [2.24, 2.45) is 0 Å². The van der Waals surface area contributed by atoms with Crippen molar-refractivity contribution in [1.29, 1.82) is 0 Å². The highest BCUT2D eigenvalue weighted by Crippen LogP contribution is 2.37. The molecule has 2 heterocycles. The maximum absolute atomic E-state index is 14.0. The standard InChI is InChI=1S/C29H26FN3O3S/c1-18-6-9-23(10-7-18)31-29(35)26-17-37-27(32-26)16-36-24-11-8-20-12-13-33(19(2)34)28(25(20)15-24)21-4-3-5-22(30)14-21/h3-11,14-15,17,28H,12-13,16H2,1-2H3,(H,31,35)/t28-/m0/s1. The summed E-state index contributed by atoms with van der Waals surface area (Å²) in [7, 11) is 0. The quantitative estimate of drug-likeness (QED) is 0.346. The van der Waals surface area contributed by atoms with E-state index in [4.69, 9.17) is 4.74 Å². The fourth-order valence-electron chi connectivity index (χ4n) is 4.52. The maximum Gasteiger partial charge on any atom is 0.275 e. The van der Waals surface area contributed by atoms with E-state index >= 15 is 0 Å². The SMILES string of the molecule is CC(=O)N1CCc2ccc(OCc3nc(C(=O)Nc4ccc(C)cc4)cs3)cc2[C@@H]1c1cccc(F)c1. The summed E-state index contributed by atoms with van der Waals surface area (Å²) in [5, 5.41) is 5.22. The number of benzene rings is 3. The van der Waals surface area contributed by atoms with E-state index in [1.54, 1.807) is 16.3 Å². The summed E-state index contributed by atoms with van der Waals surface area (Å²) < 4.78 is 20.1. The lowest BCUT2D eigenvalue weighted by atomic mass is 9.88. The topological polar surface area (TPSA) is 71.5 Å². The van der Waals surface area contributed by atoms with Gasteiger partial charge in [-0.05, 0) is 66.4 Å². The molecule has 8 heteroatoms. The number of rotatable bonds is 6. The van der Waals surface area contributed by atoms with Crippen LogP contribution in [0.5, 0.6) is 5.75 Å². The molecule has 2 amide bonds. The highest BCUT2D eigenvalue weighted by atomic mass is 32.1. The monoisotopic (exact) mass is 515 g/mol. The Hall–Kier alpha value is -4.04. The van der Waals surface area contributed by atoms with Crippen LogP contribution in [0.2, 0.25) is 0 Å². The minimum absolute atomic E-state index is 0.0644. The Kier molecular flexibility index (Phi) is 7.01. The van der Waals surface area contributed by atoms with Gasteiger partial charge < -0.3 is 15.0 Å². The number of nitrogens with zero attached hydrogens (tertiary/aromatic N) is 2. The number of hydrogen-bond acceptors (Lipinski definition) is 5. The van der Waals surface area contributed by atoms with Gasteiger partial charge in [0.15, 0.2) is 0 Å². The third-order valence-electron chi connectivity index (χ3n) is 6.37. The van der Waals surface area contributed by atoms with Crippen molar-refractivity contribution < 1.29 is 18.7 Å². The number of aromatic nitrogens is 1. The number of hydrogen-bond donors (Lipinski definition) is 1. The summed E-state index contributed by atoms with van der Waals surface area (Å²) in [6.07, 6.45) is 0.715. The van der Waals surface area contributed by atoms with Gasteiger partial charge in [-0.2, -0.15) is 0 Å². The summed E-state index contributed by atoms with van der Waals surface area (Å²) in [4.78, 5) is 31.2. The lowest BCUT2D eigenvalue weighted by Crippen LogP contribution is -2.39. The van der Waals surface area contributed by atoms with E-state index in [1.165, 1.54) is 30.4 Å². The smallest absolute Gasteiger partial charge is 0.275 e. The largest absolute Gasteiger partial charge is 0.486 e. The molecule has 4 aromatic rings. The molecule has 6 nitrogen and oxygen atoms in total. The van der Waals surface area contributed by atoms with Crippen molar-refractivity contribution in [2.45, 2.75) is 32.9 Å². The van der Waals surface area contributed by atoms with Gasteiger partial charge in [-0.25, -0.2) is 9.37 Å². The molecule has 0 bridgehead atoms. The number of carbonyl (C=O) groups is 2. The predicted molar refractivity (Wildman–Crippen MR) is 141 cm³/mol. The molecule has 0 fully saturated rings. The number of aryl methyl sites for hydroxylation is 1. The van der Waals surface area contributed by atoms with Gasteiger partial charge >= 0.3 is 0 Å². The van der Waals surface area contributed by atoms with Gasteiger partial charge in [0.2, 0.25) is 5.91 Å². The second kappa shape index (κ2) is 10.5. The summed E-state index contributed by atoms with van der Waals surface area (Å²) in [6.45, 7) is 4.28. The van der Waals surface area contributed by atoms with Crippen LogP contribution in [0.25, 0.3) is 0 Å². The Morgan fingerprint density at radius 2 is 1.95 bits per heavy atom. The van der Waals surface area contributed by atoms with Crippen molar-refractivity contribution in [3.05, 3.63) is 111 Å². The first-order chi connectivity index (χ1) is 17.9. The summed E-state index contributed by atoms with van der Waals surface area (Å²) in [6, 6.07) is 19.4. The number of nitrogens with one attached hydrogen (secondary N) is 1. The highest BCUT2D eigenvalue weighted by molar-refractivity contribution is 7.09. The average Bonchev–Trinajstić information content (AvgIpc) is 3.37. The first-order valence-electron chi connectivity index (χ1n) is 12.0. The zero-order valence-corrected chi connectivity index (χ0v) is 21.3. The minimum atomic E-state index is -0.391. The lowest BCUT2D eigenvalue weighted by molar-refractivity contribution is -0.130. The van der Waals surface area contributed by atoms with Gasteiger partial charge in [-0.15, -0.1) is 11.3 Å². The van der Waals surface area contributed by atoms with Crippen molar-refractivity contribution in [2.75, 3.05) is 11.9 Å². The second-order valence-electron chi connectivity index (χ2n) is 9.02. The van der Waals surface area contributed by atoms with Crippen LogP contribution in [-0.4, -0.2) is 28.2 Å². The molecular formula is C29H26FN3O3S. The van der Waals surface area contributed by atoms with Gasteiger partial charge in [0.05, 0.1) is 6.04 Å². The van der Waals surface area contributed by atoms with Gasteiger partial charge in [0.1, 0.15) is 28.9 Å². The summed E-state index contributed by atoms with van der Waals surface area (Å²) >= 11 is 1.35. The van der Waals surface area contributed by atoms with Crippen molar-refractivity contribution >= 4 is 28.8 Å². The third-order valence-corrected chi connectivity index (χ3v) is 7.19. The zero-order chi connectivity index (χ0) is 25.9. The van der Waals surface area contributed by atoms with Crippen molar-refractivity contribution in [1.82, 2.24) is 9.88 Å². The Morgan fingerprint density at radius 3 is 2.70 bits per heavy atom. The second-order valence-corrected chi connectivity index (χ2v) is 9.96. The molecule has 1 aliphatic rings. The van der Waals surface area contributed by atoms with Crippen LogP contribution < -0.4 is 10.1 Å². The van der Waals surface area contributed by atoms with Crippen LogP contribution in [0, 0.1) is 12.7 Å². The lowest BCUT2D eigenvalue weighted by Gasteiger charge is -2.37. The molecule has 188 valence electrons. The molecule has 1 N–H and O–H groups in total. The Balaban J connectivity index is 1.32. The molecule has 0 aliphatic carbocycles. The Morgan fingerprint density at radius 1 is 1.14 bits per heavy atom. The van der Waals surface area contributed by atoms with Gasteiger partial charge in [0.25, 0.3) is 5.91 Å². The van der Waals surface area contributed by atoms with E-state index in [-0.39, 0.29) is 24.2 Å². The molecule has 1 atom stereocenters. The first kappa shape index (κ1) is 24.6. The van der Waals surface area contributed by atoms with Crippen LogP contribution in [0.4, 0.5) is 10.1 Å². The fourth-order valence-corrected chi connectivity index (χ4v) is 5.20. The number of ether oxygens (including phenoxy) is 1. The predicted octanol–water partition coefficient (Wildman–Crippen LogP) is 5.92. The molecule has 1 aromatic heterocycles. The number of fused-ring (bicyclic) bond motifs is 1. The van der Waals surface area contributed by atoms with E-state index < -0.39 is 6.04 Å². The number of amides is 2. The van der Waals surface area contributed by atoms with Crippen LogP contribution >= 0.6 is 11.3 Å². The molecule has 5 rings (SSSR count). The van der Waals surface area contributed by atoms with Crippen LogP contribution in [0.3, 0.4) is 0 Å². The highest BCUT2D eigenvalue weighted by Gasteiger charge is 2.31. The molecule has 0 saturated carbocycles. The Labute approximate surface area is 218 Å². The Bertz CT molecular complexity index is 1450. The zero-order valence-electron chi connectivity index (χ0n) is 20.5. The fraction of sp³-hybridized carbons (Fsp3) is 0.207. The van der Waals surface area contributed by atoms with Crippen LogP contribution in [0.1, 0.15) is 50.7 Å². The number of anilines is 1. The molecule has 0 radical (unpaired) electrons. The summed E-state index contributed by atoms with van der Waals surface area (Å²) in [5.41, 5.74) is 4.90. The molecule has 0 spiro atoms. The van der Waals surface area contributed by atoms with Crippen molar-refractivity contribution in [3.8, 4) is 5.75 Å². The first-order valence-corrected chi connectivity index (χ1v) is 12.9. The number of thiazole rings is 1. The van der Waals surface area contributed by atoms with E-state index in [9.17, 15) is 14.0 Å².